The molecule has 3 heteroatoms. The van der Waals surface area contributed by atoms with Crippen molar-refractivity contribution >= 4 is 10.8 Å². The van der Waals surface area contributed by atoms with Crippen LogP contribution in [0.5, 0.6) is 11.5 Å². The third-order valence-electron chi connectivity index (χ3n) is 1.75. The normalized spacial score (nSPS) is 9.54. The van der Waals surface area contributed by atoms with Gasteiger partial charge in [0.1, 0.15) is 0 Å². The van der Waals surface area contributed by atoms with Crippen LogP contribution in [-0.2, 0) is 21.7 Å². The Hall–Kier alpha value is -0.986. The first-order valence-electron chi connectivity index (χ1n) is 3.60. The van der Waals surface area contributed by atoms with Gasteiger partial charge in [0.15, 0.2) is 0 Å². The predicted molar refractivity (Wildman–Crippen MR) is 46.1 cm³/mol. The molecule has 0 aromatic heterocycles. The molecule has 0 fully saturated rings. The van der Waals surface area contributed by atoms with Crippen molar-refractivity contribution in [1.82, 2.24) is 0 Å². The topological polar surface area (TPSA) is 40.5 Å². The molecule has 0 radical (unpaired) electrons. The Morgan fingerprint density at radius 2 is 1.77 bits per heavy atom. The van der Waals surface area contributed by atoms with Crippen LogP contribution in [0.1, 0.15) is 0 Å². The van der Waals surface area contributed by atoms with Gasteiger partial charge in [0, 0.05) is 21.7 Å². The van der Waals surface area contributed by atoms with E-state index in [4.69, 9.17) is 10.2 Å². The third-order valence-corrected chi connectivity index (χ3v) is 1.75. The largest absolute Gasteiger partial charge is 0.548 e. The molecule has 13 heavy (non-hydrogen) atoms. The van der Waals surface area contributed by atoms with Gasteiger partial charge in [-0.3, -0.25) is 0 Å². The van der Waals surface area contributed by atoms with Crippen molar-refractivity contribution in [2.45, 2.75) is 0 Å². The quantitative estimate of drug-likeness (QED) is 0.394. The molecule has 64 valence electrons. The molecule has 0 spiro atoms. The Labute approximate surface area is 90.7 Å². The number of hydrogen-bond acceptors (Lipinski definition) is 2. The Morgan fingerprint density at radius 1 is 1.08 bits per heavy atom. The summed E-state index contributed by atoms with van der Waals surface area (Å²) in [7, 11) is 0. The fraction of sp³-hybridized carbons (Fsp3) is 0. The van der Waals surface area contributed by atoms with Gasteiger partial charge in [-0.1, -0.05) is 24.3 Å². The van der Waals surface area contributed by atoms with Crippen molar-refractivity contribution in [3.8, 4) is 11.5 Å². The van der Waals surface area contributed by atoms with Crippen LogP contribution in [0.25, 0.3) is 10.8 Å². The molecule has 0 saturated carbocycles. The average molecular weight is 207 g/mol. The van der Waals surface area contributed by atoms with Gasteiger partial charge in [-0.25, -0.2) is 0 Å². The number of phenolic OH excluding ortho intramolecular Hbond substituents is 2. The monoisotopic (exact) mass is 207 g/mol. The van der Waals surface area contributed by atoms with Gasteiger partial charge in [0.2, 0.25) is 0 Å². The summed E-state index contributed by atoms with van der Waals surface area (Å²) in [4.78, 5) is 0. The van der Waals surface area contributed by atoms with Crippen LogP contribution < -0.4 is 0 Å². The second-order valence-electron chi connectivity index (χ2n) is 2.59. The number of benzene rings is 2. The fourth-order valence-corrected chi connectivity index (χ4v) is 1.14. The third kappa shape index (κ3) is 1.85. The molecule has 0 aliphatic rings. The number of phenols is 2. The van der Waals surface area contributed by atoms with Crippen molar-refractivity contribution < 1.29 is 31.9 Å². The maximum absolute atomic E-state index is 9.14. The summed E-state index contributed by atoms with van der Waals surface area (Å²) >= 11 is 0. The number of rotatable bonds is 0. The second-order valence-corrected chi connectivity index (χ2v) is 2.59. The maximum atomic E-state index is 9.14. The number of fused-ring (bicyclic) bond motifs is 1. The van der Waals surface area contributed by atoms with E-state index in [-0.39, 0.29) is 33.2 Å². The molecule has 0 aliphatic carbocycles. The molecule has 0 unspecified atom stereocenters. The first kappa shape index (κ1) is 10.1. The standard InChI is InChI=1S/C10H7O2.Ti/c11-9-5-7-3-1-2-4-8(7)6-10(9)12;/h1-5,11-12H;/q-1;. The first-order chi connectivity index (χ1) is 5.77. The molecular weight excluding hydrogens is 200 g/mol. The number of aromatic hydroxyl groups is 2. The van der Waals surface area contributed by atoms with Crippen molar-refractivity contribution in [2.24, 2.45) is 0 Å². The van der Waals surface area contributed by atoms with Gasteiger partial charge < -0.3 is 10.2 Å². The summed E-state index contributed by atoms with van der Waals surface area (Å²) in [6, 6.07) is 11.6. The predicted octanol–water partition coefficient (Wildman–Crippen LogP) is 2.05. The number of hydrogen-bond donors (Lipinski definition) is 2. The molecule has 2 aromatic carbocycles. The van der Waals surface area contributed by atoms with Crippen LogP contribution in [0.3, 0.4) is 0 Å². The Morgan fingerprint density at radius 3 is 2.54 bits per heavy atom. The summed E-state index contributed by atoms with van der Waals surface area (Å²) in [5.41, 5.74) is 0. The molecule has 0 heterocycles. The molecule has 0 atom stereocenters. The molecular formula is C10H7O2Ti-. The van der Waals surface area contributed by atoms with Crippen LogP contribution in [0.15, 0.2) is 30.3 Å². The van der Waals surface area contributed by atoms with Crippen molar-refractivity contribution in [1.29, 1.82) is 0 Å². The van der Waals surface area contributed by atoms with Crippen LogP contribution in [0.4, 0.5) is 0 Å². The van der Waals surface area contributed by atoms with Crippen molar-refractivity contribution in [2.75, 3.05) is 0 Å². The zero-order valence-corrected chi connectivity index (χ0v) is 8.34. The zero-order chi connectivity index (χ0) is 8.55. The summed E-state index contributed by atoms with van der Waals surface area (Å²) in [6.07, 6.45) is 0. The van der Waals surface area contributed by atoms with Gasteiger partial charge in [0.25, 0.3) is 0 Å². The molecule has 0 bridgehead atoms. The Bertz CT molecular complexity index is 386. The average Bonchev–Trinajstić information content (AvgIpc) is 2.07. The summed E-state index contributed by atoms with van der Waals surface area (Å²) in [5, 5.41) is 19.9. The first-order valence-corrected chi connectivity index (χ1v) is 3.60. The van der Waals surface area contributed by atoms with Crippen LogP contribution in [0.2, 0.25) is 0 Å². The molecule has 2 rings (SSSR count). The fourth-order valence-electron chi connectivity index (χ4n) is 1.14. The van der Waals surface area contributed by atoms with E-state index in [0.717, 1.165) is 10.8 Å². The van der Waals surface area contributed by atoms with Crippen LogP contribution in [0, 0.1) is 6.07 Å². The van der Waals surface area contributed by atoms with E-state index in [2.05, 4.69) is 6.07 Å². The minimum Gasteiger partial charge on any atom is -0.548 e. The van der Waals surface area contributed by atoms with Crippen molar-refractivity contribution in [3.63, 3.8) is 0 Å². The molecule has 0 amide bonds. The molecule has 0 saturated heterocycles. The summed E-state index contributed by atoms with van der Waals surface area (Å²) in [6.45, 7) is 0. The minimum absolute atomic E-state index is 0. The van der Waals surface area contributed by atoms with E-state index in [0.29, 0.717) is 0 Å². The smallest absolute Gasteiger partial charge is 0.0740 e. The molecule has 2 N–H and O–H groups in total. The van der Waals surface area contributed by atoms with Gasteiger partial charge in [-0.15, -0.1) is 22.9 Å². The van der Waals surface area contributed by atoms with E-state index < -0.39 is 0 Å². The van der Waals surface area contributed by atoms with E-state index in [1.54, 1.807) is 0 Å². The van der Waals surface area contributed by atoms with Gasteiger partial charge >= 0.3 is 0 Å². The van der Waals surface area contributed by atoms with E-state index in [1.165, 1.54) is 6.07 Å². The maximum Gasteiger partial charge on any atom is 0.0740 e. The van der Waals surface area contributed by atoms with Crippen LogP contribution >= 0.6 is 0 Å². The minimum atomic E-state index is -0.200. The molecule has 2 nitrogen and oxygen atoms in total. The van der Waals surface area contributed by atoms with E-state index >= 15 is 0 Å². The zero-order valence-electron chi connectivity index (χ0n) is 6.78. The van der Waals surface area contributed by atoms with Gasteiger partial charge in [-0.05, 0) is 0 Å². The summed E-state index contributed by atoms with van der Waals surface area (Å²) in [5.74, 6) is -0.331. The second kappa shape index (κ2) is 3.82. The van der Waals surface area contributed by atoms with Crippen LogP contribution in [-0.4, -0.2) is 10.2 Å². The van der Waals surface area contributed by atoms with Crippen molar-refractivity contribution in [3.05, 3.63) is 36.4 Å². The SMILES string of the molecule is Oc1[c-]c2ccccc2cc1O.[Ti]. The molecule has 0 aliphatic heterocycles. The molecule has 2 aromatic rings. The van der Waals surface area contributed by atoms with E-state index in [1.807, 2.05) is 24.3 Å². The van der Waals surface area contributed by atoms with Gasteiger partial charge in [0.05, 0.1) is 11.5 Å². The Balaban J connectivity index is 0.000000845. The Kier molecular flexibility index (Phi) is 2.96. The van der Waals surface area contributed by atoms with E-state index in [9.17, 15) is 0 Å². The van der Waals surface area contributed by atoms with Gasteiger partial charge in [-0.2, -0.15) is 0 Å². The summed E-state index contributed by atoms with van der Waals surface area (Å²) < 4.78 is 0.